The van der Waals surface area contributed by atoms with E-state index in [9.17, 15) is 0 Å². The molecule has 0 aromatic rings. The maximum absolute atomic E-state index is 3.49. The van der Waals surface area contributed by atoms with Crippen molar-refractivity contribution in [3.05, 3.63) is 0 Å². The van der Waals surface area contributed by atoms with Crippen LogP contribution in [0, 0.1) is 0 Å². The number of likely N-dealkylation sites (tertiary alicyclic amines) is 1. The molecule has 14 heavy (non-hydrogen) atoms. The van der Waals surface area contributed by atoms with Crippen molar-refractivity contribution in [3.63, 3.8) is 0 Å². The van der Waals surface area contributed by atoms with Crippen molar-refractivity contribution in [1.29, 1.82) is 0 Å². The molecule has 3 unspecified atom stereocenters. The SMILES string of the molecule is CNC1CCCC1N1CCCCC1C. The molecule has 2 rings (SSSR count). The summed E-state index contributed by atoms with van der Waals surface area (Å²) in [6, 6.07) is 2.41. The van der Waals surface area contributed by atoms with Gasteiger partial charge in [-0.15, -0.1) is 0 Å². The average Bonchev–Trinajstić information content (AvgIpc) is 2.66. The minimum atomic E-state index is 0.760. The number of piperidine rings is 1. The first-order valence-corrected chi connectivity index (χ1v) is 6.26. The Kier molecular flexibility index (Phi) is 3.45. The van der Waals surface area contributed by atoms with Gasteiger partial charge in [0, 0.05) is 18.1 Å². The Hall–Kier alpha value is -0.0800. The van der Waals surface area contributed by atoms with Crippen molar-refractivity contribution >= 4 is 0 Å². The van der Waals surface area contributed by atoms with Gasteiger partial charge in [0.1, 0.15) is 0 Å². The van der Waals surface area contributed by atoms with Crippen LogP contribution in [0.3, 0.4) is 0 Å². The van der Waals surface area contributed by atoms with Gasteiger partial charge in [0.25, 0.3) is 0 Å². The fraction of sp³-hybridized carbons (Fsp3) is 1.00. The van der Waals surface area contributed by atoms with E-state index >= 15 is 0 Å². The zero-order valence-corrected chi connectivity index (χ0v) is 9.63. The largest absolute Gasteiger partial charge is 0.315 e. The van der Waals surface area contributed by atoms with Crippen LogP contribution in [0.1, 0.15) is 45.4 Å². The minimum Gasteiger partial charge on any atom is -0.315 e. The van der Waals surface area contributed by atoms with Gasteiger partial charge in [-0.05, 0) is 46.2 Å². The summed E-state index contributed by atoms with van der Waals surface area (Å²) in [5.41, 5.74) is 0. The maximum Gasteiger partial charge on any atom is 0.0252 e. The van der Waals surface area contributed by atoms with E-state index in [4.69, 9.17) is 0 Å². The monoisotopic (exact) mass is 196 g/mol. The molecule has 1 aliphatic heterocycles. The van der Waals surface area contributed by atoms with Gasteiger partial charge < -0.3 is 5.32 Å². The molecule has 2 fully saturated rings. The Morgan fingerprint density at radius 2 is 1.93 bits per heavy atom. The second-order valence-corrected chi connectivity index (χ2v) is 4.98. The number of hydrogen-bond acceptors (Lipinski definition) is 2. The smallest absolute Gasteiger partial charge is 0.0252 e. The molecular weight excluding hydrogens is 172 g/mol. The number of nitrogens with zero attached hydrogens (tertiary/aromatic N) is 1. The first-order valence-electron chi connectivity index (χ1n) is 6.26. The van der Waals surface area contributed by atoms with E-state index in [0.717, 1.165) is 18.1 Å². The van der Waals surface area contributed by atoms with E-state index in [1.165, 1.54) is 45.1 Å². The van der Waals surface area contributed by atoms with Gasteiger partial charge in [0.2, 0.25) is 0 Å². The highest BCUT2D eigenvalue weighted by Crippen LogP contribution is 2.29. The summed E-state index contributed by atoms with van der Waals surface area (Å²) in [6.45, 7) is 3.74. The highest BCUT2D eigenvalue weighted by Gasteiger charge is 2.34. The van der Waals surface area contributed by atoms with Crippen LogP contribution in [0.5, 0.6) is 0 Å². The van der Waals surface area contributed by atoms with E-state index < -0.39 is 0 Å². The second-order valence-electron chi connectivity index (χ2n) is 4.98. The van der Waals surface area contributed by atoms with Crippen molar-refractivity contribution < 1.29 is 0 Å². The molecule has 2 nitrogen and oxygen atoms in total. The van der Waals surface area contributed by atoms with Crippen LogP contribution in [0.4, 0.5) is 0 Å². The highest BCUT2D eigenvalue weighted by atomic mass is 15.2. The summed E-state index contributed by atoms with van der Waals surface area (Å²) >= 11 is 0. The Labute approximate surface area is 88.1 Å². The van der Waals surface area contributed by atoms with E-state index in [-0.39, 0.29) is 0 Å². The molecule has 3 atom stereocenters. The van der Waals surface area contributed by atoms with Crippen LogP contribution < -0.4 is 5.32 Å². The highest BCUT2D eigenvalue weighted by molar-refractivity contribution is 4.92. The van der Waals surface area contributed by atoms with Gasteiger partial charge in [-0.3, -0.25) is 4.90 Å². The van der Waals surface area contributed by atoms with Crippen molar-refractivity contribution in [2.75, 3.05) is 13.6 Å². The van der Waals surface area contributed by atoms with Gasteiger partial charge >= 0.3 is 0 Å². The fourth-order valence-corrected chi connectivity index (χ4v) is 3.29. The summed E-state index contributed by atoms with van der Waals surface area (Å²) in [5.74, 6) is 0. The second kappa shape index (κ2) is 4.63. The molecule has 0 amide bonds. The molecule has 0 spiro atoms. The van der Waals surface area contributed by atoms with E-state index in [2.05, 4.69) is 24.2 Å². The molecule has 1 saturated carbocycles. The van der Waals surface area contributed by atoms with E-state index in [1.807, 2.05) is 0 Å². The summed E-state index contributed by atoms with van der Waals surface area (Å²) in [4.78, 5) is 2.76. The molecule has 1 heterocycles. The minimum absolute atomic E-state index is 0.760. The van der Waals surface area contributed by atoms with Crippen LogP contribution >= 0.6 is 0 Å². The molecule has 2 aliphatic rings. The Bertz CT molecular complexity index is 181. The van der Waals surface area contributed by atoms with Crippen LogP contribution in [0.15, 0.2) is 0 Å². The molecule has 1 saturated heterocycles. The van der Waals surface area contributed by atoms with Gasteiger partial charge in [0.05, 0.1) is 0 Å². The molecule has 1 N–H and O–H groups in total. The normalized spacial score (nSPS) is 40.3. The Morgan fingerprint density at radius 3 is 2.64 bits per heavy atom. The van der Waals surface area contributed by atoms with Crippen molar-refractivity contribution in [2.24, 2.45) is 0 Å². The molecule has 0 aromatic heterocycles. The first-order chi connectivity index (χ1) is 6.83. The lowest BCUT2D eigenvalue weighted by atomic mass is 9.99. The Morgan fingerprint density at radius 1 is 1.07 bits per heavy atom. The summed E-state index contributed by atoms with van der Waals surface area (Å²) in [6.07, 6.45) is 8.47. The van der Waals surface area contributed by atoms with Crippen molar-refractivity contribution in [3.8, 4) is 0 Å². The van der Waals surface area contributed by atoms with Gasteiger partial charge in [0.15, 0.2) is 0 Å². The lowest BCUT2D eigenvalue weighted by Gasteiger charge is -2.40. The lowest BCUT2D eigenvalue weighted by molar-refractivity contribution is 0.0937. The molecule has 82 valence electrons. The van der Waals surface area contributed by atoms with Crippen LogP contribution in [0.25, 0.3) is 0 Å². The number of likely N-dealkylation sites (N-methyl/N-ethyl adjacent to an activating group) is 1. The first kappa shape index (κ1) is 10.4. The predicted octanol–water partition coefficient (Wildman–Crippen LogP) is 2.00. The van der Waals surface area contributed by atoms with Crippen molar-refractivity contribution in [2.45, 2.75) is 63.6 Å². The van der Waals surface area contributed by atoms with Crippen LogP contribution in [0.2, 0.25) is 0 Å². The van der Waals surface area contributed by atoms with E-state index in [1.54, 1.807) is 0 Å². The molecule has 2 heteroatoms. The summed E-state index contributed by atoms with van der Waals surface area (Å²) in [7, 11) is 2.12. The van der Waals surface area contributed by atoms with Crippen molar-refractivity contribution in [1.82, 2.24) is 10.2 Å². The molecule has 0 aromatic carbocycles. The fourth-order valence-electron chi connectivity index (χ4n) is 3.29. The summed E-state index contributed by atoms with van der Waals surface area (Å²) in [5, 5.41) is 3.49. The third-order valence-corrected chi connectivity index (χ3v) is 4.13. The lowest BCUT2D eigenvalue weighted by Crippen LogP contribution is -2.51. The average molecular weight is 196 g/mol. The molecule has 0 bridgehead atoms. The number of hydrogen-bond donors (Lipinski definition) is 1. The molecular formula is C12H24N2. The van der Waals surface area contributed by atoms with Gasteiger partial charge in [-0.25, -0.2) is 0 Å². The molecule has 1 aliphatic carbocycles. The quantitative estimate of drug-likeness (QED) is 0.726. The standard InChI is InChI=1S/C12H24N2/c1-10-6-3-4-9-14(10)12-8-5-7-11(12)13-2/h10-13H,3-9H2,1-2H3. The van der Waals surface area contributed by atoms with Crippen LogP contribution in [-0.4, -0.2) is 36.6 Å². The van der Waals surface area contributed by atoms with Gasteiger partial charge in [-0.2, -0.15) is 0 Å². The maximum atomic E-state index is 3.49. The number of nitrogens with one attached hydrogen (secondary N) is 1. The zero-order chi connectivity index (χ0) is 9.97. The predicted molar refractivity (Wildman–Crippen MR) is 60.5 cm³/mol. The third kappa shape index (κ3) is 1.96. The van der Waals surface area contributed by atoms with Gasteiger partial charge in [-0.1, -0.05) is 12.8 Å². The summed E-state index contributed by atoms with van der Waals surface area (Å²) < 4.78 is 0. The van der Waals surface area contributed by atoms with E-state index in [0.29, 0.717) is 0 Å². The zero-order valence-electron chi connectivity index (χ0n) is 9.63. The topological polar surface area (TPSA) is 15.3 Å². The Balaban J connectivity index is 1.97. The number of rotatable bonds is 2. The third-order valence-electron chi connectivity index (χ3n) is 4.13. The van der Waals surface area contributed by atoms with Crippen LogP contribution in [-0.2, 0) is 0 Å². The molecule has 0 radical (unpaired) electrons.